The number of hydrogen-bond acceptors (Lipinski definition) is 3. The Labute approximate surface area is 79.6 Å². The van der Waals surface area contributed by atoms with E-state index in [4.69, 9.17) is 0 Å². The molecule has 0 amide bonds. The van der Waals surface area contributed by atoms with Gasteiger partial charge in [0.15, 0.2) is 0 Å². The Hall–Kier alpha value is -0.470. The Morgan fingerprint density at radius 2 is 1.85 bits per heavy atom. The lowest BCUT2D eigenvalue weighted by Gasteiger charge is -2.16. The van der Waals surface area contributed by atoms with Crippen LogP contribution in [0.2, 0.25) is 0 Å². The quantitative estimate of drug-likeness (QED) is 0.709. The minimum Gasteiger partial charge on any atom is -0.388 e. The Morgan fingerprint density at radius 3 is 2.38 bits per heavy atom. The molecule has 0 saturated carbocycles. The van der Waals surface area contributed by atoms with Crippen LogP contribution >= 0.6 is 9.47 Å². The van der Waals surface area contributed by atoms with Gasteiger partial charge in [0.05, 0.1) is 6.61 Å². The number of aliphatic hydroxyl groups excluding tert-OH is 2. The highest BCUT2D eigenvalue weighted by atomic mass is 31.0. The summed E-state index contributed by atoms with van der Waals surface area (Å²) in [7, 11) is 2.03. The number of rotatable bonds is 4. The van der Waals surface area contributed by atoms with Crippen LogP contribution in [0.3, 0.4) is 0 Å². The van der Waals surface area contributed by atoms with E-state index in [1.165, 1.54) is 0 Å². The summed E-state index contributed by atoms with van der Waals surface area (Å²) >= 11 is 0. The lowest BCUT2D eigenvalue weighted by Crippen LogP contribution is -2.22. The maximum absolute atomic E-state index is 9.58. The molecule has 0 aliphatic carbocycles. The second kappa shape index (κ2) is 5.30. The van der Waals surface area contributed by atoms with Gasteiger partial charge in [-0.25, -0.2) is 0 Å². The number of benzene rings is 1. The first-order valence-corrected chi connectivity index (χ1v) is 4.45. The fraction of sp³-hybridized carbons (Fsp3) is 0.333. The van der Waals surface area contributed by atoms with Crippen molar-refractivity contribution in [3.63, 3.8) is 0 Å². The smallest absolute Gasteiger partial charge is 0.108 e. The molecule has 13 heavy (non-hydrogen) atoms. The Kier molecular flexibility index (Phi) is 4.33. The summed E-state index contributed by atoms with van der Waals surface area (Å²) in [5.41, 5.74) is 0.692. The van der Waals surface area contributed by atoms with Crippen molar-refractivity contribution in [2.75, 3.05) is 6.61 Å². The molecule has 0 aliphatic heterocycles. The molecule has 0 saturated heterocycles. The first-order valence-electron chi connectivity index (χ1n) is 3.98. The highest BCUT2D eigenvalue weighted by molar-refractivity contribution is 7.09. The fourth-order valence-electron chi connectivity index (χ4n) is 1.06. The molecule has 2 N–H and O–H groups in total. The summed E-state index contributed by atoms with van der Waals surface area (Å²) in [6.45, 7) is 0.0979. The molecule has 1 unspecified atom stereocenters. The fourth-order valence-corrected chi connectivity index (χ4v) is 1.26. The monoisotopic (exact) mass is 200 g/mol. The summed E-state index contributed by atoms with van der Waals surface area (Å²) in [6.07, 6.45) is -1.78. The predicted octanol–water partition coefficient (Wildman–Crippen LogP) is 0.888. The van der Waals surface area contributed by atoms with Gasteiger partial charge in [-0.05, 0) is 5.56 Å². The molecule has 72 valence electrons. The molecule has 3 atom stereocenters. The van der Waals surface area contributed by atoms with Crippen molar-refractivity contribution in [2.45, 2.75) is 12.2 Å². The Balaban J connectivity index is 2.62. The second-order valence-corrected chi connectivity index (χ2v) is 3.09. The largest absolute Gasteiger partial charge is 0.388 e. The van der Waals surface area contributed by atoms with Gasteiger partial charge in [0, 0.05) is 9.47 Å². The van der Waals surface area contributed by atoms with E-state index < -0.39 is 12.2 Å². The predicted molar refractivity (Wildman–Crippen MR) is 53.1 cm³/mol. The van der Waals surface area contributed by atoms with E-state index >= 15 is 0 Å². The molecule has 0 aliphatic rings. The number of aliphatic hydroxyl groups is 2. The molecule has 3 nitrogen and oxygen atoms in total. The van der Waals surface area contributed by atoms with Crippen molar-refractivity contribution in [1.82, 2.24) is 0 Å². The first kappa shape index (κ1) is 10.6. The van der Waals surface area contributed by atoms with Gasteiger partial charge in [0.1, 0.15) is 12.2 Å². The normalized spacial score (nSPS) is 15.3. The van der Waals surface area contributed by atoms with Crippen molar-refractivity contribution in [3.8, 4) is 0 Å². The average molecular weight is 200 g/mol. The third kappa shape index (κ3) is 3.05. The van der Waals surface area contributed by atoms with Crippen LogP contribution in [-0.4, -0.2) is 22.9 Å². The van der Waals surface area contributed by atoms with Gasteiger partial charge >= 0.3 is 0 Å². The SMILES string of the molecule is O[C@@H](COP)[C@@H](O)c1ccccc1. The zero-order valence-corrected chi connectivity index (χ0v) is 8.28. The van der Waals surface area contributed by atoms with E-state index in [1.54, 1.807) is 12.1 Å². The molecule has 0 fully saturated rings. The summed E-state index contributed by atoms with van der Waals surface area (Å²) in [5.74, 6) is 0. The van der Waals surface area contributed by atoms with E-state index in [-0.39, 0.29) is 6.61 Å². The molecule has 0 aromatic heterocycles. The summed E-state index contributed by atoms with van der Waals surface area (Å²) < 4.78 is 4.65. The number of hydrogen-bond donors (Lipinski definition) is 2. The second-order valence-electron chi connectivity index (χ2n) is 2.76. The molecular formula is C9H13O3P. The van der Waals surface area contributed by atoms with Crippen molar-refractivity contribution >= 4 is 9.47 Å². The van der Waals surface area contributed by atoms with Gasteiger partial charge in [-0.1, -0.05) is 30.3 Å². The van der Waals surface area contributed by atoms with Crippen molar-refractivity contribution in [1.29, 1.82) is 0 Å². The highest BCUT2D eigenvalue weighted by Crippen LogP contribution is 2.16. The third-order valence-electron chi connectivity index (χ3n) is 1.77. The molecule has 0 spiro atoms. The molecular weight excluding hydrogens is 187 g/mol. The van der Waals surface area contributed by atoms with Gasteiger partial charge < -0.3 is 14.7 Å². The standard InChI is InChI=1S/C9H13O3P/c10-8(6-12-13)9(11)7-4-2-1-3-5-7/h1-5,8-11H,6,13H2/t8-,9-/m0/s1. The van der Waals surface area contributed by atoms with E-state index in [1.807, 2.05) is 27.7 Å². The summed E-state index contributed by atoms with van der Waals surface area (Å²) in [4.78, 5) is 0. The van der Waals surface area contributed by atoms with Crippen LogP contribution in [0.4, 0.5) is 0 Å². The molecule has 0 bridgehead atoms. The van der Waals surface area contributed by atoms with Crippen LogP contribution in [0.15, 0.2) is 30.3 Å². The first-order chi connectivity index (χ1) is 6.25. The van der Waals surface area contributed by atoms with Gasteiger partial charge in [0.25, 0.3) is 0 Å². The van der Waals surface area contributed by atoms with E-state index in [0.717, 1.165) is 0 Å². The van der Waals surface area contributed by atoms with Crippen molar-refractivity contribution in [2.24, 2.45) is 0 Å². The van der Waals surface area contributed by atoms with Crippen molar-refractivity contribution < 1.29 is 14.7 Å². The van der Waals surface area contributed by atoms with Crippen molar-refractivity contribution in [3.05, 3.63) is 35.9 Å². The Bertz CT molecular complexity index is 240. The van der Waals surface area contributed by atoms with E-state index in [2.05, 4.69) is 4.52 Å². The van der Waals surface area contributed by atoms with Crippen LogP contribution < -0.4 is 0 Å². The van der Waals surface area contributed by atoms with Crippen LogP contribution in [0.25, 0.3) is 0 Å². The minimum atomic E-state index is -0.889. The minimum absolute atomic E-state index is 0.0979. The maximum Gasteiger partial charge on any atom is 0.108 e. The molecule has 1 aromatic carbocycles. The molecule has 1 rings (SSSR count). The third-order valence-corrected chi connectivity index (χ3v) is 1.96. The average Bonchev–Trinajstić information content (AvgIpc) is 2.18. The Morgan fingerprint density at radius 1 is 1.23 bits per heavy atom. The summed E-state index contributed by atoms with van der Waals surface area (Å²) in [6, 6.07) is 9.00. The highest BCUT2D eigenvalue weighted by Gasteiger charge is 2.17. The topological polar surface area (TPSA) is 49.7 Å². The molecule has 1 aromatic rings. The lowest BCUT2D eigenvalue weighted by molar-refractivity contribution is -0.00525. The van der Waals surface area contributed by atoms with Crippen LogP contribution in [0.5, 0.6) is 0 Å². The molecule has 0 radical (unpaired) electrons. The van der Waals surface area contributed by atoms with Crippen LogP contribution in [0.1, 0.15) is 11.7 Å². The van der Waals surface area contributed by atoms with E-state index in [0.29, 0.717) is 5.56 Å². The van der Waals surface area contributed by atoms with E-state index in [9.17, 15) is 10.2 Å². The van der Waals surface area contributed by atoms with Gasteiger partial charge in [-0.15, -0.1) is 0 Å². The van der Waals surface area contributed by atoms with Gasteiger partial charge in [-0.2, -0.15) is 0 Å². The van der Waals surface area contributed by atoms with Gasteiger partial charge in [-0.3, -0.25) is 0 Å². The van der Waals surface area contributed by atoms with Crippen LogP contribution in [0, 0.1) is 0 Å². The lowest BCUT2D eigenvalue weighted by atomic mass is 10.1. The van der Waals surface area contributed by atoms with Crippen LogP contribution in [-0.2, 0) is 4.52 Å². The zero-order chi connectivity index (χ0) is 9.68. The maximum atomic E-state index is 9.58. The van der Waals surface area contributed by atoms with Gasteiger partial charge in [0.2, 0.25) is 0 Å². The summed E-state index contributed by atoms with van der Waals surface area (Å²) in [5, 5.41) is 19.0. The molecule has 4 heteroatoms. The molecule has 0 heterocycles. The zero-order valence-electron chi connectivity index (χ0n) is 7.13.